The maximum atomic E-state index is 12.5. The number of fused-ring (bicyclic) bond motifs is 2. The van der Waals surface area contributed by atoms with Crippen LogP contribution in [0.5, 0.6) is 0 Å². The Labute approximate surface area is 121 Å². The van der Waals surface area contributed by atoms with Crippen LogP contribution in [0.1, 0.15) is 20.7 Å². The molecule has 1 aromatic heterocycles. The van der Waals surface area contributed by atoms with Crippen molar-refractivity contribution in [1.82, 2.24) is 0 Å². The summed E-state index contributed by atoms with van der Waals surface area (Å²) in [5.41, 5.74) is -0.260. The zero-order valence-corrected chi connectivity index (χ0v) is 11.3. The highest BCUT2D eigenvalue weighted by atomic mass is 32.1. The second-order valence-electron chi connectivity index (χ2n) is 4.43. The fraction of sp³-hybridized carbons (Fsp3) is 0. The molecule has 0 bridgehead atoms. The van der Waals surface area contributed by atoms with Gasteiger partial charge in [-0.3, -0.25) is 4.79 Å². The molecule has 3 rings (SSSR count). The molecule has 0 fully saturated rings. The Morgan fingerprint density at radius 1 is 0.952 bits per heavy atom. The highest BCUT2D eigenvalue weighted by Gasteiger charge is 2.14. The van der Waals surface area contributed by atoms with E-state index in [4.69, 9.17) is 5.11 Å². The smallest absolute Gasteiger partial charge is 0.337 e. The first-order chi connectivity index (χ1) is 9.99. The molecule has 0 spiro atoms. The zero-order chi connectivity index (χ0) is 15.1. The second-order valence-corrected chi connectivity index (χ2v) is 5.49. The Morgan fingerprint density at radius 3 is 2.38 bits per heavy atom. The normalized spacial score (nSPS) is 10.9. The predicted octanol–water partition coefficient (Wildman–Crippen LogP) is 2.81. The van der Waals surface area contributed by atoms with Crippen LogP contribution in [0.4, 0.5) is 0 Å². The molecule has 0 amide bonds. The summed E-state index contributed by atoms with van der Waals surface area (Å²) >= 11 is 1.17. The first-order valence-corrected chi connectivity index (χ1v) is 6.77. The molecule has 2 aromatic carbocycles. The van der Waals surface area contributed by atoms with Crippen LogP contribution in [0.15, 0.2) is 41.2 Å². The van der Waals surface area contributed by atoms with E-state index in [9.17, 15) is 19.5 Å². The van der Waals surface area contributed by atoms with E-state index < -0.39 is 11.9 Å². The minimum atomic E-state index is -1.11. The molecule has 104 valence electrons. The quantitative estimate of drug-likeness (QED) is 0.710. The highest BCUT2D eigenvalue weighted by Crippen LogP contribution is 2.28. The summed E-state index contributed by atoms with van der Waals surface area (Å²) in [6, 6.07) is 8.75. The summed E-state index contributed by atoms with van der Waals surface area (Å²) in [7, 11) is 0. The predicted molar refractivity (Wildman–Crippen MR) is 79.5 cm³/mol. The van der Waals surface area contributed by atoms with E-state index in [-0.39, 0.29) is 27.3 Å². The van der Waals surface area contributed by atoms with Crippen molar-refractivity contribution in [3.8, 4) is 0 Å². The number of hydrogen-bond donors (Lipinski definition) is 2. The lowest BCUT2D eigenvalue weighted by atomic mass is 10.1. The van der Waals surface area contributed by atoms with Gasteiger partial charge in [-0.15, -0.1) is 11.3 Å². The molecule has 0 aliphatic heterocycles. The third kappa shape index (κ3) is 2.05. The lowest BCUT2D eigenvalue weighted by molar-refractivity contribution is 0.0687. The van der Waals surface area contributed by atoms with E-state index in [2.05, 4.69) is 0 Å². The molecular weight excluding hydrogens is 292 g/mol. The standard InChI is InChI=1S/C15H8O5S/c16-12-8-2-1-3-9(15(19)20)13(8)21-11-5-4-7(14(17)18)6-10(11)12/h1-6H,(H,17,18)(H,19,20). The van der Waals surface area contributed by atoms with Crippen molar-refractivity contribution in [2.75, 3.05) is 0 Å². The SMILES string of the molecule is O=C(O)c1ccc2sc3c(C(=O)O)cccc3c(=O)c2c1. The Hall–Kier alpha value is -2.73. The number of rotatable bonds is 2. The van der Waals surface area contributed by atoms with Gasteiger partial charge in [-0.05, 0) is 30.3 Å². The van der Waals surface area contributed by atoms with Gasteiger partial charge in [0.05, 0.1) is 15.8 Å². The largest absolute Gasteiger partial charge is 0.478 e. The van der Waals surface area contributed by atoms with Gasteiger partial charge in [0, 0.05) is 15.5 Å². The average Bonchev–Trinajstić information content (AvgIpc) is 2.46. The molecule has 0 saturated heterocycles. The number of carboxylic acid groups (broad SMARTS) is 2. The molecule has 21 heavy (non-hydrogen) atoms. The number of carboxylic acids is 2. The molecule has 0 unspecified atom stereocenters. The van der Waals surface area contributed by atoms with Gasteiger partial charge in [0.2, 0.25) is 0 Å². The van der Waals surface area contributed by atoms with Gasteiger partial charge < -0.3 is 10.2 Å². The minimum absolute atomic E-state index is 0.0283. The zero-order valence-electron chi connectivity index (χ0n) is 10.5. The van der Waals surface area contributed by atoms with Crippen molar-refractivity contribution in [3.05, 3.63) is 57.7 Å². The molecule has 0 atom stereocenters. The summed E-state index contributed by atoms with van der Waals surface area (Å²) in [6.07, 6.45) is 0. The first kappa shape index (κ1) is 13.3. The van der Waals surface area contributed by atoms with Crippen LogP contribution in [0.2, 0.25) is 0 Å². The van der Waals surface area contributed by atoms with Gasteiger partial charge in [0.1, 0.15) is 0 Å². The maximum Gasteiger partial charge on any atom is 0.337 e. The molecule has 0 radical (unpaired) electrons. The number of hydrogen-bond acceptors (Lipinski definition) is 4. The van der Waals surface area contributed by atoms with Gasteiger partial charge in [0.25, 0.3) is 0 Å². The van der Waals surface area contributed by atoms with Crippen molar-refractivity contribution in [3.63, 3.8) is 0 Å². The third-order valence-corrected chi connectivity index (χ3v) is 4.39. The van der Waals surface area contributed by atoms with Crippen LogP contribution in [0.25, 0.3) is 20.2 Å². The van der Waals surface area contributed by atoms with Crippen molar-refractivity contribution >= 4 is 43.4 Å². The molecule has 1 heterocycles. The number of benzene rings is 2. The van der Waals surface area contributed by atoms with Crippen LogP contribution in [-0.4, -0.2) is 22.2 Å². The van der Waals surface area contributed by atoms with Gasteiger partial charge in [-0.2, -0.15) is 0 Å². The minimum Gasteiger partial charge on any atom is -0.478 e. The second kappa shape index (κ2) is 4.68. The van der Waals surface area contributed by atoms with Gasteiger partial charge in [-0.1, -0.05) is 6.07 Å². The maximum absolute atomic E-state index is 12.5. The van der Waals surface area contributed by atoms with Crippen molar-refractivity contribution in [2.45, 2.75) is 0 Å². The fourth-order valence-corrected chi connectivity index (χ4v) is 3.33. The molecule has 0 aliphatic carbocycles. The topological polar surface area (TPSA) is 91.7 Å². The van der Waals surface area contributed by atoms with E-state index in [1.54, 1.807) is 6.07 Å². The van der Waals surface area contributed by atoms with Crippen LogP contribution in [0.3, 0.4) is 0 Å². The Bertz CT molecular complexity index is 964. The molecular formula is C15H8O5S. The van der Waals surface area contributed by atoms with E-state index in [1.165, 1.54) is 41.7 Å². The molecule has 2 N–H and O–H groups in total. The highest BCUT2D eigenvalue weighted by molar-refractivity contribution is 7.24. The Balaban J connectivity index is 2.49. The number of aromatic carboxylic acids is 2. The summed E-state index contributed by atoms with van der Waals surface area (Å²) < 4.78 is 0.955. The van der Waals surface area contributed by atoms with Crippen molar-refractivity contribution in [1.29, 1.82) is 0 Å². The van der Waals surface area contributed by atoms with Gasteiger partial charge in [-0.25, -0.2) is 9.59 Å². The van der Waals surface area contributed by atoms with Crippen LogP contribution in [-0.2, 0) is 0 Å². The molecule has 5 nitrogen and oxygen atoms in total. The monoisotopic (exact) mass is 300 g/mol. The van der Waals surface area contributed by atoms with Crippen LogP contribution in [0, 0.1) is 0 Å². The molecule has 0 saturated carbocycles. The van der Waals surface area contributed by atoms with E-state index in [0.29, 0.717) is 9.40 Å². The Morgan fingerprint density at radius 2 is 1.71 bits per heavy atom. The van der Waals surface area contributed by atoms with E-state index in [1.807, 2.05) is 0 Å². The third-order valence-electron chi connectivity index (χ3n) is 3.17. The van der Waals surface area contributed by atoms with Gasteiger partial charge >= 0.3 is 11.9 Å². The molecule has 6 heteroatoms. The molecule has 0 aliphatic rings. The summed E-state index contributed by atoms with van der Waals surface area (Å²) in [5, 5.41) is 18.8. The summed E-state index contributed by atoms with van der Waals surface area (Å²) in [4.78, 5) is 34.7. The molecule has 3 aromatic rings. The van der Waals surface area contributed by atoms with Crippen molar-refractivity contribution in [2.24, 2.45) is 0 Å². The first-order valence-electron chi connectivity index (χ1n) is 5.95. The van der Waals surface area contributed by atoms with Crippen LogP contribution < -0.4 is 5.43 Å². The lowest BCUT2D eigenvalue weighted by Gasteiger charge is -2.04. The fourth-order valence-electron chi connectivity index (χ4n) is 2.18. The summed E-state index contributed by atoms with van der Waals surface area (Å²) in [6.45, 7) is 0. The van der Waals surface area contributed by atoms with Gasteiger partial charge in [0.15, 0.2) is 5.43 Å². The Kier molecular flexibility index (Phi) is 2.95. The van der Waals surface area contributed by atoms with E-state index in [0.717, 1.165) is 0 Å². The van der Waals surface area contributed by atoms with Crippen LogP contribution >= 0.6 is 11.3 Å². The average molecular weight is 300 g/mol. The van der Waals surface area contributed by atoms with E-state index >= 15 is 0 Å². The lowest BCUT2D eigenvalue weighted by Crippen LogP contribution is -2.06. The number of carbonyl (C=O) groups is 2. The van der Waals surface area contributed by atoms with Crippen molar-refractivity contribution < 1.29 is 19.8 Å². The summed E-state index contributed by atoms with van der Waals surface area (Å²) in [5.74, 6) is -2.21.